The molecule has 0 heterocycles. The summed E-state index contributed by atoms with van der Waals surface area (Å²) in [5.74, 6) is 0.313. The number of nitrogens with zero attached hydrogens (tertiary/aromatic N) is 1. The molecule has 112 valence electrons. The number of amides is 2. The molecular formula is C12H21F3N2O2. The minimum atomic E-state index is -4.39. The van der Waals surface area contributed by atoms with Crippen LogP contribution in [0, 0.1) is 5.92 Å². The van der Waals surface area contributed by atoms with E-state index in [2.05, 4.69) is 0 Å². The molecule has 1 rings (SSSR count). The SMILES string of the molecule is COCCN(C(=O)NCC(F)(F)F)C1CCCC1C. The standard InChI is InChI=1S/C12H21F3N2O2/c1-9-4-3-5-10(9)17(6-7-19-2)11(18)16-8-12(13,14)15/h9-10H,3-8H2,1-2H3,(H,16,18). The van der Waals surface area contributed by atoms with Crippen molar-refractivity contribution < 1.29 is 22.7 Å². The molecule has 0 aliphatic heterocycles. The fourth-order valence-electron chi connectivity index (χ4n) is 2.47. The number of halogens is 3. The Kier molecular flexibility index (Phi) is 5.90. The summed E-state index contributed by atoms with van der Waals surface area (Å²) >= 11 is 0. The number of rotatable bonds is 5. The summed E-state index contributed by atoms with van der Waals surface area (Å²) in [4.78, 5) is 13.4. The van der Waals surface area contributed by atoms with E-state index in [0.29, 0.717) is 19.1 Å². The molecule has 19 heavy (non-hydrogen) atoms. The first-order valence-corrected chi connectivity index (χ1v) is 6.45. The average molecular weight is 282 g/mol. The first kappa shape index (κ1) is 16.1. The van der Waals surface area contributed by atoms with Crippen LogP contribution in [0.5, 0.6) is 0 Å². The molecule has 7 heteroatoms. The minimum absolute atomic E-state index is 0.00313. The highest BCUT2D eigenvalue weighted by molar-refractivity contribution is 5.74. The Bertz CT molecular complexity index is 297. The molecule has 1 aliphatic carbocycles. The largest absolute Gasteiger partial charge is 0.405 e. The van der Waals surface area contributed by atoms with Crippen molar-refractivity contribution in [2.75, 3.05) is 26.8 Å². The van der Waals surface area contributed by atoms with E-state index in [4.69, 9.17) is 4.74 Å². The average Bonchev–Trinajstić information content (AvgIpc) is 2.73. The van der Waals surface area contributed by atoms with Gasteiger partial charge in [-0.2, -0.15) is 13.2 Å². The molecule has 1 aliphatic rings. The van der Waals surface area contributed by atoms with Gasteiger partial charge in [-0.3, -0.25) is 0 Å². The minimum Gasteiger partial charge on any atom is -0.383 e. The smallest absolute Gasteiger partial charge is 0.383 e. The van der Waals surface area contributed by atoms with Crippen molar-refractivity contribution in [3.05, 3.63) is 0 Å². The topological polar surface area (TPSA) is 41.6 Å². The second-order valence-corrected chi connectivity index (χ2v) is 4.94. The van der Waals surface area contributed by atoms with Gasteiger partial charge in [0.25, 0.3) is 0 Å². The van der Waals surface area contributed by atoms with E-state index in [0.717, 1.165) is 19.3 Å². The van der Waals surface area contributed by atoms with E-state index in [1.165, 1.54) is 12.0 Å². The van der Waals surface area contributed by atoms with Gasteiger partial charge < -0.3 is 15.0 Å². The molecule has 4 nitrogen and oxygen atoms in total. The highest BCUT2D eigenvalue weighted by Crippen LogP contribution is 2.29. The molecule has 1 fully saturated rings. The zero-order valence-corrected chi connectivity index (χ0v) is 11.3. The van der Waals surface area contributed by atoms with E-state index in [1.54, 1.807) is 0 Å². The maximum Gasteiger partial charge on any atom is 0.405 e. The highest BCUT2D eigenvalue weighted by atomic mass is 19.4. The molecular weight excluding hydrogens is 261 g/mol. The van der Waals surface area contributed by atoms with Crippen molar-refractivity contribution >= 4 is 6.03 Å². The Morgan fingerprint density at radius 2 is 2.11 bits per heavy atom. The summed E-state index contributed by atoms with van der Waals surface area (Å²) in [6.45, 7) is 1.36. The molecule has 1 saturated carbocycles. The third-order valence-corrected chi connectivity index (χ3v) is 3.45. The van der Waals surface area contributed by atoms with E-state index in [1.807, 2.05) is 12.2 Å². The molecule has 0 aromatic carbocycles. The van der Waals surface area contributed by atoms with E-state index >= 15 is 0 Å². The molecule has 0 saturated heterocycles. The van der Waals surface area contributed by atoms with E-state index < -0.39 is 18.8 Å². The Morgan fingerprint density at radius 3 is 2.58 bits per heavy atom. The van der Waals surface area contributed by atoms with Crippen LogP contribution in [0.3, 0.4) is 0 Å². The number of alkyl halides is 3. The van der Waals surface area contributed by atoms with Gasteiger partial charge in [-0.1, -0.05) is 13.3 Å². The number of urea groups is 1. The third kappa shape index (κ3) is 5.26. The van der Waals surface area contributed by atoms with Crippen LogP contribution in [-0.4, -0.2) is 50.0 Å². The molecule has 2 unspecified atom stereocenters. The number of methoxy groups -OCH3 is 1. The molecule has 2 amide bonds. The van der Waals surface area contributed by atoms with Crippen LogP contribution >= 0.6 is 0 Å². The van der Waals surface area contributed by atoms with Crippen molar-refractivity contribution in [2.45, 2.75) is 38.4 Å². The van der Waals surface area contributed by atoms with E-state index in [-0.39, 0.29) is 6.04 Å². The Balaban J connectivity index is 2.59. The Morgan fingerprint density at radius 1 is 1.42 bits per heavy atom. The predicted molar refractivity (Wildman–Crippen MR) is 64.8 cm³/mol. The van der Waals surface area contributed by atoms with Gasteiger partial charge in [0.15, 0.2) is 0 Å². The number of hydrogen-bond donors (Lipinski definition) is 1. The fourth-order valence-corrected chi connectivity index (χ4v) is 2.47. The van der Waals surface area contributed by atoms with Crippen LogP contribution in [0.15, 0.2) is 0 Å². The number of nitrogens with one attached hydrogen (secondary N) is 1. The zero-order chi connectivity index (χ0) is 14.5. The summed E-state index contributed by atoms with van der Waals surface area (Å²) in [6, 6.07) is -0.656. The van der Waals surface area contributed by atoms with Crippen LogP contribution in [-0.2, 0) is 4.74 Å². The number of carbonyl (C=O) groups excluding carboxylic acids is 1. The maximum absolute atomic E-state index is 12.1. The van der Waals surface area contributed by atoms with Crippen LogP contribution in [0.4, 0.5) is 18.0 Å². The van der Waals surface area contributed by atoms with Crippen LogP contribution < -0.4 is 5.32 Å². The van der Waals surface area contributed by atoms with Gasteiger partial charge in [0.05, 0.1) is 6.61 Å². The lowest BCUT2D eigenvalue weighted by atomic mass is 10.1. The first-order valence-electron chi connectivity index (χ1n) is 6.45. The quantitative estimate of drug-likeness (QED) is 0.841. The van der Waals surface area contributed by atoms with Gasteiger partial charge in [-0.15, -0.1) is 0 Å². The summed E-state index contributed by atoms with van der Waals surface area (Å²) in [5, 5.41) is 1.94. The monoisotopic (exact) mass is 282 g/mol. The first-order chi connectivity index (χ1) is 8.85. The van der Waals surface area contributed by atoms with E-state index in [9.17, 15) is 18.0 Å². The lowest BCUT2D eigenvalue weighted by Gasteiger charge is -2.32. The predicted octanol–water partition coefficient (Wildman–Crippen LogP) is 2.40. The molecule has 0 bridgehead atoms. The lowest BCUT2D eigenvalue weighted by Crippen LogP contribution is -2.50. The zero-order valence-electron chi connectivity index (χ0n) is 11.3. The highest BCUT2D eigenvalue weighted by Gasteiger charge is 2.34. The molecule has 0 radical (unpaired) electrons. The van der Waals surface area contributed by atoms with Crippen molar-refractivity contribution in [3.63, 3.8) is 0 Å². The van der Waals surface area contributed by atoms with Crippen molar-refractivity contribution in [1.82, 2.24) is 10.2 Å². The second-order valence-electron chi connectivity index (χ2n) is 4.94. The molecule has 0 spiro atoms. The van der Waals surface area contributed by atoms with Crippen LogP contribution in [0.25, 0.3) is 0 Å². The normalized spacial score (nSPS) is 23.4. The van der Waals surface area contributed by atoms with Gasteiger partial charge >= 0.3 is 12.2 Å². The van der Waals surface area contributed by atoms with Crippen LogP contribution in [0.1, 0.15) is 26.2 Å². The van der Waals surface area contributed by atoms with Gasteiger partial charge in [-0.05, 0) is 18.8 Å². The Labute approximate surface area is 111 Å². The van der Waals surface area contributed by atoms with Crippen LogP contribution in [0.2, 0.25) is 0 Å². The van der Waals surface area contributed by atoms with Gasteiger partial charge in [0.2, 0.25) is 0 Å². The summed E-state index contributed by atoms with van der Waals surface area (Å²) in [5.41, 5.74) is 0. The molecule has 0 aromatic rings. The van der Waals surface area contributed by atoms with Crippen molar-refractivity contribution in [3.8, 4) is 0 Å². The number of hydrogen-bond acceptors (Lipinski definition) is 2. The number of carbonyl (C=O) groups is 1. The lowest BCUT2D eigenvalue weighted by molar-refractivity contribution is -0.123. The van der Waals surface area contributed by atoms with Gasteiger partial charge in [0, 0.05) is 19.7 Å². The summed E-state index contributed by atoms with van der Waals surface area (Å²) in [6.07, 6.45) is -1.54. The Hall–Kier alpha value is -0.980. The third-order valence-electron chi connectivity index (χ3n) is 3.45. The molecule has 2 atom stereocenters. The number of ether oxygens (including phenoxy) is 1. The van der Waals surface area contributed by atoms with Crippen molar-refractivity contribution in [2.24, 2.45) is 5.92 Å². The molecule has 0 aromatic heterocycles. The summed E-state index contributed by atoms with van der Waals surface area (Å²) in [7, 11) is 1.50. The molecule has 1 N–H and O–H groups in total. The fraction of sp³-hybridized carbons (Fsp3) is 0.917. The van der Waals surface area contributed by atoms with Gasteiger partial charge in [-0.25, -0.2) is 4.79 Å². The summed E-state index contributed by atoms with van der Waals surface area (Å²) < 4.78 is 41.3. The van der Waals surface area contributed by atoms with Crippen molar-refractivity contribution in [1.29, 1.82) is 0 Å². The second kappa shape index (κ2) is 6.98. The van der Waals surface area contributed by atoms with Gasteiger partial charge in [0.1, 0.15) is 6.54 Å². The maximum atomic E-state index is 12.1.